The van der Waals surface area contributed by atoms with Crippen molar-refractivity contribution in [3.8, 4) is 0 Å². The van der Waals surface area contributed by atoms with E-state index in [1.807, 2.05) is 13.8 Å². The first-order valence-electron chi connectivity index (χ1n) is 14.3. The first-order chi connectivity index (χ1) is 21.3. The zero-order valence-corrected chi connectivity index (χ0v) is 25.7. The van der Waals surface area contributed by atoms with Crippen molar-refractivity contribution >= 4 is 53.7 Å². The predicted octanol–water partition coefficient (Wildman–Crippen LogP) is -0.813. The number of ether oxygens (including phenoxy) is 2. The van der Waals surface area contributed by atoms with Crippen LogP contribution in [0.2, 0.25) is 0 Å². The maximum atomic E-state index is 13.2. The van der Waals surface area contributed by atoms with Gasteiger partial charge in [0.25, 0.3) is 0 Å². The van der Waals surface area contributed by atoms with Gasteiger partial charge in [-0.3, -0.25) is 24.0 Å². The Balaban J connectivity index is 5.81. The molecule has 45 heavy (non-hydrogen) atoms. The average Bonchev–Trinajstić information content (AvgIpc) is 2.97. The molecule has 248 valence electrons. The lowest BCUT2D eigenvalue weighted by atomic mass is 10.0. The molecule has 0 aliphatic rings. The van der Waals surface area contributed by atoms with E-state index in [2.05, 4.69) is 32.1 Å². The summed E-state index contributed by atoms with van der Waals surface area (Å²) < 4.78 is 9.97. The summed E-state index contributed by atoms with van der Waals surface area (Å²) in [5, 5.41) is 7.29. The Labute approximate surface area is 260 Å². The lowest BCUT2D eigenvalue weighted by molar-refractivity contribution is -0.148. The van der Waals surface area contributed by atoms with Gasteiger partial charge >= 0.3 is 24.4 Å². The fourth-order valence-corrected chi connectivity index (χ4v) is 3.79. The zero-order chi connectivity index (χ0) is 34.4. The summed E-state index contributed by atoms with van der Waals surface area (Å²) in [6, 6.07) is -4.91. The molecule has 5 N–H and O–H groups in total. The Hall–Kier alpha value is -4.85. The topological polar surface area (TPSA) is 273 Å². The fraction of sp³-hybridized carbons (Fsp3) is 0.607. The van der Waals surface area contributed by atoms with Crippen LogP contribution in [0.15, 0.2) is 12.7 Å². The number of Topliss-reactive ketones (excluding diaryl/α,β-unsaturated/α-hetero) is 2. The van der Waals surface area contributed by atoms with Gasteiger partial charge in [-0.1, -0.05) is 26.5 Å². The molecule has 0 fully saturated rings. The van der Waals surface area contributed by atoms with Gasteiger partial charge in [-0.15, -0.1) is 0 Å². The van der Waals surface area contributed by atoms with E-state index in [4.69, 9.17) is 26.3 Å². The molecule has 17 heteroatoms. The van der Waals surface area contributed by atoms with Crippen molar-refractivity contribution in [3.63, 3.8) is 0 Å². The number of ketones is 2. The summed E-state index contributed by atoms with van der Waals surface area (Å²) in [7, 11) is 0. The van der Waals surface area contributed by atoms with Gasteiger partial charge in [0.1, 0.15) is 24.7 Å². The number of nitrogens with zero attached hydrogens (tertiary/aromatic N) is 4. The lowest BCUT2D eigenvalue weighted by Crippen LogP contribution is -2.52. The van der Waals surface area contributed by atoms with Gasteiger partial charge in [-0.2, -0.15) is 9.58 Å². The maximum Gasteiger partial charge on any atom is 0.328 e. The number of esters is 2. The summed E-state index contributed by atoms with van der Waals surface area (Å²) >= 11 is 0. The Morgan fingerprint density at radius 2 is 1.27 bits per heavy atom. The summed E-state index contributed by atoms with van der Waals surface area (Å²) in [4.78, 5) is 92.6. The summed E-state index contributed by atoms with van der Waals surface area (Å²) in [6.45, 7) is 8.54. The van der Waals surface area contributed by atoms with E-state index >= 15 is 0 Å². The van der Waals surface area contributed by atoms with E-state index in [1.54, 1.807) is 6.92 Å². The minimum Gasteiger partial charge on any atom is -0.464 e. The molecule has 0 unspecified atom stereocenters. The molecule has 17 nitrogen and oxygen atoms in total. The van der Waals surface area contributed by atoms with Crippen molar-refractivity contribution in [2.45, 2.75) is 89.9 Å². The van der Waals surface area contributed by atoms with Gasteiger partial charge in [0.15, 0.2) is 0 Å². The van der Waals surface area contributed by atoms with Crippen LogP contribution in [-0.2, 0) is 43.0 Å². The van der Waals surface area contributed by atoms with Gasteiger partial charge in [0, 0.05) is 19.3 Å². The molecule has 0 heterocycles. The minimum absolute atomic E-state index is 0.0116. The predicted molar refractivity (Wildman–Crippen MR) is 158 cm³/mol. The van der Waals surface area contributed by atoms with Gasteiger partial charge in [-0.25, -0.2) is 9.59 Å². The summed E-state index contributed by atoms with van der Waals surface area (Å²) in [6.07, 6.45) is 1.03. The molecule has 0 aliphatic carbocycles. The van der Waals surface area contributed by atoms with E-state index in [9.17, 15) is 33.6 Å². The molecule has 0 aliphatic heterocycles. The van der Waals surface area contributed by atoms with E-state index in [0.717, 1.165) is 0 Å². The second-order valence-electron chi connectivity index (χ2n) is 10.2. The second-order valence-corrected chi connectivity index (χ2v) is 10.2. The Bertz CT molecular complexity index is 1180. The molecule has 0 spiro atoms. The quantitative estimate of drug-likeness (QED) is 0.0356. The highest BCUT2D eigenvalue weighted by Gasteiger charge is 2.30. The number of nitrogens with two attached hydrogens (primary N) is 1. The van der Waals surface area contributed by atoms with Crippen LogP contribution < -0.4 is 21.7 Å². The van der Waals surface area contributed by atoms with Crippen molar-refractivity contribution in [2.24, 2.45) is 11.7 Å². The van der Waals surface area contributed by atoms with Crippen molar-refractivity contribution in [1.82, 2.24) is 16.0 Å². The van der Waals surface area contributed by atoms with Crippen LogP contribution in [-0.4, -0.2) is 101 Å². The monoisotopic (exact) mass is 634 g/mol. The Morgan fingerprint density at radius 3 is 1.76 bits per heavy atom. The second kappa shape index (κ2) is 22.7. The zero-order valence-electron chi connectivity index (χ0n) is 25.7. The maximum absolute atomic E-state index is 13.2. The number of amides is 3. The molecular weight excluding hydrogens is 592 g/mol. The van der Waals surface area contributed by atoms with Gasteiger partial charge < -0.3 is 42.2 Å². The standard InChI is InChI=1S/C28H42N8O9/c1-5-13-45-28(43)22(10-8-19(38)16-33-31)36-26(41)21(9-7-18(37)15-32-30)34-24(39)12-11-23(27(42)44-6-2)35-25(40)20(29)14-17(3)4/h5,15-17,20-23H,1,6-14,29H2,2-4H3,(H,34,39)(H,35,40)(H,36,41)/t20-,21-,22-,23-/m0/s1. The van der Waals surface area contributed by atoms with Gasteiger partial charge in [0.2, 0.25) is 29.3 Å². The van der Waals surface area contributed by atoms with Crippen molar-refractivity contribution in [3.05, 3.63) is 23.7 Å². The largest absolute Gasteiger partial charge is 0.464 e. The first kappa shape index (κ1) is 40.1. The third-order valence-corrected chi connectivity index (χ3v) is 5.97. The molecule has 0 radical (unpaired) electrons. The molecule has 3 amide bonds. The van der Waals surface area contributed by atoms with Gasteiger partial charge in [-0.05, 0) is 38.5 Å². The number of rotatable bonds is 23. The van der Waals surface area contributed by atoms with Crippen molar-refractivity contribution in [1.29, 1.82) is 0 Å². The highest BCUT2D eigenvalue weighted by molar-refractivity contribution is 6.25. The van der Waals surface area contributed by atoms with E-state index in [0.29, 0.717) is 18.9 Å². The van der Waals surface area contributed by atoms with Crippen LogP contribution in [0.25, 0.3) is 11.1 Å². The number of carbonyl (C=O) groups excluding carboxylic acids is 7. The van der Waals surface area contributed by atoms with E-state index in [1.165, 1.54) is 6.08 Å². The van der Waals surface area contributed by atoms with Crippen LogP contribution in [0.4, 0.5) is 0 Å². The van der Waals surface area contributed by atoms with E-state index in [-0.39, 0.29) is 57.7 Å². The number of hydrogen-bond acceptors (Lipinski definition) is 10. The number of carbonyl (C=O) groups is 7. The summed E-state index contributed by atoms with van der Waals surface area (Å²) in [5.41, 5.74) is 23.0. The molecule has 0 aromatic carbocycles. The normalized spacial score (nSPS) is 12.9. The highest BCUT2D eigenvalue weighted by atomic mass is 16.5. The Kier molecular flexibility index (Phi) is 20.2. The Morgan fingerprint density at radius 1 is 0.778 bits per heavy atom. The van der Waals surface area contributed by atoms with Crippen LogP contribution in [0.1, 0.15) is 65.7 Å². The molecule has 0 aromatic heterocycles. The summed E-state index contributed by atoms with van der Waals surface area (Å²) in [5.74, 6) is -5.22. The van der Waals surface area contributed by atoms with Crippen molar-refractivity contribution in [2.75, 3.05) is 13.2 Å². The molecule has 0 rings (SSSR count). The number of nitrogens with one attached hydrogen (secondary N) is 3. The molecule has 0 saturated carbocycles. The first-order valence-corrected chi connectivity index (χ1v) is 14.3. The van der Waals surface area contributed by atoms with Crippen LogP contribution in [0, 0.1) is 5.92 Å². The molecule has 0 aromatic rings. The average molecular weight is 635 g/mol. The third-order valence-electron chi connectivity index (χ3n) is 5.97. The fourth-order valence-electron chi connectivity index (χ4n) is 3.79. The van der Waals surface area contributed by atoms with Gasteiger partial charge in [0.05, 0.1) is 12.6 Å². The SMILES string of the molecule is C=CCOC(=O)[C@H](CCC(=O)C=[N+]=[N-])NC(=O)[C@H](CCC(=O)C=[N+]=[N-])NC(=O)CC[C@H](NC(=O)[C@@H](N)CC(C)C)C(=O)OCC. The van der Waals surface area contributed by atoms with Crippen LogP contribution >= 0.6 is 0 Å². The highest BCUT2D eigenvalue weighted by Crippen LogP contribution is 2.08. The lowest BCUT2D eigenvalue weighted by Gasteiger charge is -2.23. The van der Waals surface area contributed by atoms with Crippen LogP contribution in [0.3, 0.4) is 0 Å². The molecule has 0 saturated heterocycles. The van der Waals surface area contributed by atoms with E-state index < -0.39 is 65.4 Å². The van der Waals surface area contributed by atoms with Crippen LogP contribution in [0.5, 0.6) is 0 Å². The minimum atomic E-state index is -1.41. The number of hydrogen-bond donors (Lipinski definition) is 4. The van der Waals surface area contributed by atoms with Crippen molar-refractivity contribution < 1.29 is 52.6 Å². The smallest absolute Gasteiger partial charge is 0.328 e. The third kappa shape index (κ3) is 17.8. The molecule has 0 bridgehead atoms. The molecular formula is C28H42N8O9. The molecule has 4 atom stereocenters.